The Labute approximate surface area is 164 Å². The van der Waals surface area contributed by atoms with Gasteiger partial charge in [0.15, 0.2) is 5.65 Å². The minimum Gasteiger partial charge on any atom is -0.284 e. The van der Waals surface area contributed by atoms with Gasteiger partial charge in [-0.05, 0) is 42.8 Å². The van der Waals surface area contributed by atoms with Gasteiger partial charge in [0, 0.05) is 35.4 Å². The van der Waals surface area contributed by atoms with E-state index in [1.54, 1.807) is 46.0 Å². The first-order chi connectivity index (χ1) is 13.6. The molecule has 0 saturated carbocycles. The van der Waals surface area contributed by atoms with E-state index in [9.17, 15) is 4.79 Å². The maximum Gasteiger partial charge on any atom is 0.266 e. The van der Waals surface area contributed by atoms with Crippen LogP contribution in [-0.2, 0) is 0 Å². The van der Waals surface area contributed by atoms with Crippen molar-refractivity contribution in [2.24, 2.45) is 0 Å². The molecule has 0 unspecified atom stereocenters. The molecule has 0 amide bonds. The molecular weight excluding hydrogens is 374 g/mol. The van der Waals surface area contributed by atoms with Gasteiger partial charge in [-0.15, -0.1) is 0 Å². The Morgan fingerprint density at radius 2 is 1.75 bits per heavy atom. The zero-order chi connectivity index (χ0) is 19.3. The third-order valence-corrected chi connectivity index (χ3v) is 5.01. The second-order valence-corrected chi connectivity index (χ2v) is 6.89. The van der Waals surface area contributed by atoms with Gasteiger partial charge < -0.3 is 0 Å². The molecule has 0 bridgehead atoms. The second-order valence-electron chi connectivity index (χ2n) is 6.46. The van der Waals surface area contributed by atoms with Crippen LogP contribution in [0.5, 0.6) is 0 Å². The molecule has 136 valence electrons. The lowest BCUT2D eigenvalue weighted by Crippen LogP contribution is -2.18. The molecule has 7 heteroatoms. The average Bonchev–Trinajstić information content (AvgIpc) is 3.06. The maximum atomic E-state index is 13.0. The first-order valence-corrected chi connectivity index (χ1v) is 9.07. The van der Waals surface area contributed by atoms with Gasteiger partial charge in [0.2, 0.25) is 0 Å². The summed E-state index contributed by atoms with van der Waals surface area (Å²) in [6.45, 7) is 1.93. The van der Waals surface area contributed by atoms with Crippen LogP contribution in [-0.4, -0.2) is 24.1 Å². The fourth-order valence-corrected chi connectivity index (χ4v) is 3.56. The first-order valence-electron chi connectivity index (χ1n) is 8.69. The summed E-state index contributed by atoms with van der Waals surface area (Å²) in [5.41, 5.74) is 4.75. The van der Waals surface area contributed by atoms with Crippen molar-refractivity contribution in [2.75, 3.05) is 0 Å². The number of aryl methyl sites for hydroxylation is 1. The van der Waals surface area contributed by atoms with E-state index in [1.165, 1.54) is 0 Å². The number of benzene rings is 1. The normalized spacial score (nSPS) is 11.4. The standard InChI is InChI=1S/C21H14ClN5O/c1-13-19(14-2-4-15(22)5-3-14)20-24-12-17-18(27(20)25-13)8-11-26(21(17)28)16-6-9-23-10-7-16/h2-12H,1H3. The number of hydrogen-bond donors (Lipinski definition) is 0. The smallest absolute Gasteiger partial charge is 0.266 e. The van der Waals surface area contributed by atoms with Crippen LogP contribution < -0.4 is 5.56 Å². The number of fused-ring (bicyclic) bond motifs is 3. The van der Waals surface area contributed by atoms with Gasteiger partial charge in [-0.2, -0.15) is 5.10 Å². The summed E-state index contributed by atoms with van der Waals surface area (Å²) in [5.74, 6) is 0. The quantitative estimate of drug-likeness (QED) is 0.458. The molecule has 1 aromatic carbocycles. The third kappa shape index (κ3) is 2.50. The molecule has 4 aromatic heterocycles. The van der Waals surface area contributed by atoms with Gasteiger partial charge in [-0.25, -0.2) is 9.50 Å². The lowest BCUT2D eigenvalue weighted by atomic mass is 10.1. The first kappa shape index (κ1) is 16.6. The van der Waals surface area contributed by atoms with Crippen molar-refractivity contribution in [1.29, 1.82) is 0 Å². The van der Waals surface area contributed by atoms with Crippen LogP contribution in [0.3, 0.4) is 0 Å². The molecule has 0 fully saturated rings. The van der Waals surface area contributed by atoms with Gasteiger partial charge >= 0.3 is 0 Å². The van der Waals surface area contributed by atoms with Crippen LogP contribution in [0.25, 0.3) is 33.4 Å². The molecule has 5 aromatic rings. The topological polar surface area (TPSA) is 65.1 Å². The highest BCUT2D eigenvalue weighted by Crippen LogP contribution is 2.29. The van der Waals surface area contributed by atoms with Crippen LogP contribution in [0.2, 0.25) is 5.02 Å². The Morgan fingerprint density at radius 3 is 2.50 bits per heavy atom. The van der Waals surface area contributed by atoms with E-state index in [-0.39, 0.29) is 5.56 Å². The molecule has 0 atom stereocenters. The monoisotopic (exact) mass is 387 g/mol. The van der Waals surface area contributed by atoms with E-state index in [4.69, 9.17) is 11.6 Å². The zero-order valence-electron chi connectivity index (χ0n) is 14.9. The highest BCUT2D eigenvalue weighted by atomic mass is 35.5. The van der Waals surface area contributed by atoms with Gasteiger partial charge in [0.05, 0.1) is 22.3 Å². The van der Waals surface area contributed by atoms with Crippen molar-refractivity contribution in [3.8, 4) is 16.8 Å². The molecule has 0 N–H and O–H groups in total. The van der Waals surface area contributed by atoms with Gasteiger partial charge in [-0.1, -0.05) is 23.7 Å². The maximum absolute atomic E-state index is 13.0. The van der Waals surface area contributed by atoms with E-state index >= 15 is 0 Å². The Hall–Kier alpha value is -3.51. The highest BCUT2D eigenvalue weighted by molar-refractivity contribution is 6.30. The molecule has 0 saturated heterocycles. The molecule has 0 aliphatic rings. The van der Waals surface area contributed by atoms with Crippen LogP contribution in [0, 0.1) is 6.92 Å². The van der Waals surface area contributed by atoms with Crippen molar-refractivity contribution in [3.63, 3.8) is 0 Å². The number of hydrogen-bond acceptors (Lipinski definition) is 4. The summed E-state index contributed by atoms with van der Waals surface area (Å²) in [4.78, 5) is 21.6. The number of pyridine rings is 2. The van der Waals surface area contributed by atoms with Crippen LogP contribution in [0.15, 0.2) is 72.0 Å². The number of nitrogens with zero attached hydrogens (tertiary/aromatic N) is 5. The number of rotatable bonds is 2. The molecule has 5 rings (SSSR count). The third-order valence-electron chi connectivity index (χ3n) is 4.76. The van der Waals surface area contributed by atoms with E-state index in [0.717, 1.165) is 22.5 Å². The molecule has 0 radical (unpaired) electrons. The Kier molecular flexibility index (Phi) is 3.74. The van der Waals surface area contributed by atoms with Gasteiger partial charge in [0.1, 0.15) is 0 Å². The Bertz CT molecular complexity index is 1390. The molecule has 0 aliphatic carbocycles. The van der Waals surface area contributed by atoms with E-state index in [1.807, 2.05) is 37.3 Å². The summed E-state index contributed by atoms with van der Waals surface area (Å²) in [6, 6.07) is 13.0. The molecule has 28 heavy (non-hydrogen) atoms. The van der Waals surface area contributed by atoms with Crippen molar-refractivity contribution in [3.05, 3.63) is 88.3 Å². The minimum atomic E-state index is -0.153. The fraction of sp³-hybridized carbons (Fsp3) is 0.0476. The lowest BCUT2D eigenvalue weighted by molar-refractivity contribution is 0.939. The van der Waals surface area contributed by atoms with Crippen molar-refractivity contribution in [2.45, 2.75) is 6.92 Å². The van der Waals surface area contributed by atoms with Crippen LogP contribution in [0.1, 0.15) is 5.69 Å². The van der Waals surface area contributed by atoms with Crippen LogP contribution in [0.4, 0.5) is 0 Å². The predicted molar refractivity (Wildman–Crippen MR) is 109 cm³/mol. The fourth-order valence-electron chi connectivity index (χ4n) is 3.44. The zero-order valence-corrected chi connectivity index (χ0v) is 15.6. The number of halogens is 1. The van der Waals surface area contributed by atoms with Gasteiger partial charge in [0.25, 0.3) is 5.56 Å². The molecular formula is C21H14ClN5O. The SMILES string of the molecule is Cc1nn2c(ncc3c(=O)n(-c4ccncc4)ccc32)c1-c1ccc(Cl)cc1. The summed E-state index contributed by atoms with van der Waals surface area (Å²) in [6.07, 6.45) is 6.68. The Morgan fingerprint density at radius 1 is 1.00 bits per heavy atom. The van der Waals surface area contributed by atoms with E-state index in [2.05, 4.69) is 15.1 Å². The highest BCUT2D eigenvalue weighted by Gasteiger charge is 2.16. The number of aromatic nitrogens is 5. The Balaban J connectivity index is 1.78. The van der Waals surface area contributed by atoms with Crippen LogP contribution >= 0.6 is 11.6 Å². The molecule has 6 nitrogen and oxygen atoms in total. The summed E-state index contributed by atoms with van der Waals surface area (Å²) < 4.78 is 3.31. The minimum absolute atomic E-state index is 0.153. The second kappa shape index (κ2) is 6.28. The van der Waals surface area contributed by atoms with E-state index < -0.39 is 0 Å². The lowest BCUT2D eigenvalue weighted by Gasteiger charge is -2.08. The van der Waals surface area contributed by atoms with Gasteiger partial charge in [-0.3, -0.25) is 14.3 Å². The predicted octanol–water partition coefficient (Wildman–Crippen LogP) is 4.06. The molecule has 4 heterocycles. The van der Waals surface area contributed by atoms with E-state index in [0.29, 0.717) is 21.6 Å². The molecule has 0 spiro atoms. The van der Waals surface area contributed by atoms with Crippen molar-refractivity contribution in [1.82, 2.24) is 24.1 Å². The summed E-state index contributed by atoms with van der Waals surface area (Å²) in [7, 11) is 0. The summed E-state index contributed by atoms with van der Waals surface area (Å²) >= 11 is 6.01. The largest absolute Gasteiger partial charge is 0.284 e. The molecule has 0 aliphatic heterocycles. The summed E-state index contributed by atoms with van der Waals surface area (Å²) in [5, 5.41) is 5.82. The van der Waals surface area contributed by atoms with Crippen molar-refractivity contribution < 1.29 is 0 Å². The van der Waals surface area contributed by atoms with Crippen molar-refractivity contribution >= 4 is 28.2 Å². The average molecular weight is 388 g/mol.